The van der Waals surface area contributed by atoms with Gasteiger partial charge in [0.2, 0.25) is 5.95 Å². The van der Waals surface area contributed by atoms with Crippen LogP contribution in [0.1, 0.15) is 0 Å². The number of alkyl halides is 2. The normalized spacial score (nSPS) is 15.3. The van der Waals surface area contributed by atoms with Crippen molar-refractivity contribution < 1.29 is 18.5 Å². The summed E-state index contributed by atoms with van der Waals surface area (Å²) in [4.78, 5) is 24.4. The van der Waals surface area contributed by atoms with Crippen molar-refractivity contribution >= 4 is 29.3 Å². The predicted molar refractivity (Wildman–Crippen MR) is 96.7 cm³/mol. The van der Waals surface area contributed by atoms with Crippen LogP contribution in [0.5, 0.6) is 0 Å². The molecule has 0 aliphatic carbocycles. The molecule has 1 aliphatic heterocycles. The van der Waals surface area contributed by atoms with Gasteiger partial charge in [-0.3, -0.25) is 4.79 Å². The molecule has 1 aliphatic rings. The summed E-state index contributed by atoms with van der Waals surface area (Å²) in [7, 11) is 0. The number of rotatable bonds is 6. The number of quaternary nitrogens is 1. The molecule has 0 spiro atoms. The number of hydrogen-bond acceptors (Lipinski definition) is 5. The minimum absolute atomic E-state index is 0.174. The molecule has 0 unspecified atom stereocenters. The van der Waals surface area contributed by atoms with Crippen molar-refractivity contribution in [3.8, 4) is 0 Å². The lowest BCUT2D eigenvalue weighted by Crippen LogP contribution is -3.15. The molecule has 3 rings (SSSR count). The van der Waals surface area contributed by atoms with Gasteiger partial charge in [-0.15, -0.1) is 0 Å². The lowest BCUT2D eigenvalue weighted by Gasteiger charge is -2.31. The minimum atomic E-state index is -2.52. The van der Waals surface area contributed by atoms with Gasteiger partial charge in [-0.05, 0) is 18.2 Å². The van der Waals surface area contributed by atoms with E-state index in [4.69, 9.17) is 0 Å². The van der Waals surface area contributed by atoms with Crippen LogP contribution in [-0.2, 0) is 4.79 Å². The van der Waals surface area contributed by atoms with Crippen LogP contribution in [0.25, 0.3) is 0 Å². The van der Waals surface area contributed by atoms with Gasteiger partial charge in [-0.1, -0.05) is 23.9 Å². The fourth-order valence-corrected chi connectivity index (χ4v) is 3.44. The van der Waals surface area contributed by atoms with Crippen LogP contribution in [0.4, 0.5) is 20.4 Å². The van der Waals surface area contributed by atoms with Gasteiger partial charge < -0.3 is 15.1 Å². The van der Waals surface area contributed by atoms with Crippen LogP contribution < -0.4 is 15.1 Å². The molecular formula is C17H20F2N5OS+. The Kier molecular flexibility index (Phi) is 6.35. The van der Waals surface area contributed by atoms with Crippen molar-refractivity contribution in [3.63, 3.8) is 0 Å². The first-order valence-electron chi connectivity index (χ1n) is 8.31. The van der Waals surface area contributed by atoms with E-state index in [1.807, 2.05) is 0 Å². The monoisotopic (exact) mass is 380 g/mol. The minimum Gasteiger partial charge on any atom is -0.330 e. The molecule has 1 saturated heterocycles. The van der Waals surface area contributed by atoms with E-state index in [1.165, 1.54) is 0 Å². The summed E-state index contributed by atoms with van der Waals surface area (Å²) < 4.78 is 25.2. The number of para-hydroxylation sites is 1. The Morgan fingerprint density at radius 1 is 1.19 bits per heavy atom. The highest BCUT2D eigenvalue weighted by atomic mass is 32.2. The summed E-state index contributed by atoms with van der Waals surface area (Å²) in [6, 6.07) is 8.40. The van der Waals surface area contributed by atoms with Crippen molar-refractivity contribution in [1.82, 2.24) is 9.97 Å². The Bertz CT molecular complexity index is 726. The molecule has 0 bridgehead atoms. The highest BCUT2D eigenvalue weighted by Gasteiger charge is 2.24. The molecule has 1 aromatic carbocycles. The number of halogens is 2. The number of aromatic nitrogens is 2. The quantitative estimate of drug-likeness (QED) is 0.736. The molecule has 9 heteroatoms. The van der Waals surface area contributed by atoms with Crippen LogP contribution in [0.3, 0.4) is 0 Å². The summed E-state index contributed by atoms with van der Waals surface area (Å²) in [5.74, 6) is -1.99. The van der Waals surface area contributed by atoms with Crippen LogP contribution in [0.2, 0.25) is 0 Å². The lowest BCUT2D eigenvalue weighted by atomic mass is 10.3. The largest absolute Gasteiger partial charge is 0.330 e. The van der Waals surface area contributed by atoms with E-state index in [1.54, 1.807) is 42.7 Å². The fraction of sp³-hybridized carbons (Fsp3) is 0.353. The summed E-state index contributed by atoms with van der Waals surface area (Å²) in [6.45, 7) is 3.42. The summed E-state index contributed by atoms with van der Waals surface area (Å²) in [5.41, 5.74) is 0.429. The molecule has 2 aromatic rings. The predicted octanol–water partition coefficient (Wildman–Crippen LogP) is 1.13. The molecule has 2 N–H and O–H groups in total. The summed E-state index contributed by atoms with van der Waals surface area (Å²) >= 11 is 0.436. The van der Waals surface area contributed by atoms with Gasteiger partial charge in [0.25, 0.3) is 11.7 Å². The summed E-state index contributed by atoms with van der Waals surface area (Å²) in [6.07, 6.45) is 3.42. The third kappa shape index (κ3) is 5.12. The molecule has 26 heavy (non-hydrogen) atoms. The Balaban J connectivity index is 1.51. The molecule has 2 heterocycles. The zero-order valence-electron chi connectivity index (χ0n) is 14.1. The van der Waals surface area contributed by atoms with Crippen molar-refractivity contribution in [3.05, 3.63) is 42.7 Å². The molecule has 1 fully saturated rings. The first-order chi connectivity index (χ1) is 12.6. The molecule has 0 saturated carbocycles. The number of carbonyl (C=O) groups is 1. The highest BCUT2D eigenvalue weighted by Crippen LogP contribution is 2.31. The van der Waals surface area contributed by atoms with E-state index in [0.717, 1.165) is 31.1 Å². The van der Waals surface area contributed by atoms with Gasteiger partial charge in [0.15, 0.2) is 6.54 Å². The molecule has 0 atom stereocenters. The van der Waals surface area contributed by atoms with Crippen LogP contribution in [0, 0.1) is 0 Å². The van der Waals surface area contributed by atoms with Crippen molar-refractivity contribution in [1.29, 1.82) is 0 Å². The number of carbonyl (C=O) groups excluding carboxylic acids is 1. The average molecular weight is 380 g/mol. The molecule has 6 nitrogen and oxygen atoms in total. The Morgan fingerprint density at radius 3 is 2.58 bits per heavy atom. The fourth-order valence-electron chi connectivity index (χ4n) is 2.84. The first kappa shape index (κ1) is 18.5. The first-order valence-corrected chi connectivity index (χ1v) is 9.19. The van der Waals surface area contributed by atoms with E-state index >= 15 is 0 Å². The zero-order chi connectivity index (χ0) is 18.4. The second-order valence-electron chi connectivity index (χ2n) is 5.89. The molecule has 1 amide bonds. The zero-order valence-corrected chi connectivity index (χ0v) is 14.9. The van der Waals surface area contributed by atoms with E-state index in [0.29, 0.717) is 34.8 Å². The van der Waals surface area contributed by atoms with E-state index in [2.05, 4.69) is 20.2 Å². The van der Waals surface area contributed by atoms with E-state index < -0.39 is 5.76 Å². The molecule has 0 radical (unpaired) electrons. The van der Waals surface area contributed by atoms with Crippen LogP contribution in [-0.4, -0.2) is 54.4 Å². The Labute approximate surface area is 154 Å². The molecule has 1 aromatic heterocycles. The second-order valence-corrected chi connectivity index (χ2v) is 6.92. The van der Waals surface area contributed by atoms with Gasteiger partial charge in [-0.2, -0.15) is 8.78 Å². The van der Waals surface area contributed by atoms with Crippen molar-refractivity contribution in [2.75, 3.05) is 42.9 Å². The van der Waals surface area contributed by atoms with E-state index in [9.17, 15) is 13.6 Å². The number of nitrogens with one attached hydrogen (secondary N) is 2. The third-order valence-electron chi connectivity index (χ3n) is 4.09. The van der Waals surface area contributed by atoms with Gasteiger partial charge in [0.05, 0.1) is 31.9 Å². The van der Waals surface area contributed by atoms with Crippen molar-refractivity contribution in [2.24, 2.45) is 0 Å². The second kappa shape index (κ2) is 8.91. The maximum atomic E-state index is 12.6. The van der Waals surface area contributed by atoms with Crippen LogP contribution >= 0.6 is 11.8 Å². The number of benzene rings is 1. The SMILES string of the molecule is O=C(C[NH+]1CCN(c2ncccn2)CC1)Nc1ccccc1SC(F)F. The van der Waals surface area contributed by atoms with Gasteiger partial charge in [-0.25, -0.2) is 9.97 Å². The maximum absolute atomic E-state index is 12.6. The topological polar surface area (TPSA) is 62.6 Å². The van der Waals surface area contributed by atoms with Gasteiger partial charge in [0, 0.05) is 17.3 Å². The Hall–Kier alpha value is -2.26. The van der Waals surface area contributed by atoms with Crippen molar-refractivity contribution in [2.45, 2.75) is 10.7 Å². The molecule has 138 valence electrons. The number of thioether (sulfide) groups is 1. The number of anilines is 2. The van der Waals surface area contributed by atoms with Gasteiger partial charge in [0.1, 0.15) is 0 Å². The number of nitrogens with zero attached hydrogens (tertiary/aromatic N) is 3. The number of amides is 1. The van der Waals surface area contributed by atoms with Crippen LogP contribution in [0.15, 0.2) is 47.6 Å². The highest BCUT2D eigenvalue weighted by molar-refractivity contribution is 7.99. The maximum Gasteiger partial charge on any atom is 0.288 e. The summed E-state index contributed by atoms with van der Waals surface area (Å²) in [5, 5.41) is 2.75. The van der Waals surface area contributed by atoms with Gasteiger partial charge >= 0.3 is 0 Å². The number of piperazine rings is 1. The third-order valence-corrected chi connectivity index (χ3v) is 4.88. The molecular weight excluding hydrogens is 360 g/mol. The average Bonchev–Trinajstić information content (AvgIpc) is 2.64. The Morgan fingerprint density at radius 2 is 1.88 bits per heavy atom. The smallest absolute Gasteiger partial charge is 0.288 e. The lowest BCUT2D eigenvalue weighted by molar-refractivity contribution is -0.892. The standard InChI is InChI=1S/C17H19F2N5OS/c18-16(19)26-14-5-2-1-4-13(14)22-15(25)12-23-8-10-24(11-9-23)17-20-6-3-7-21-17/h1-7,16H,8-12H2,(H,22,25)/p+1. The number of hydrogen-bond donors (Lipinski definition) is 2. The van der Waals surface area contributed by atoms with E-state index in [-0.39, 0.29) is 5.91 Å².